The Morgan fingerprint density at radius 1 is 0.564 bits per heavy atom. The lowest BCUT2D eigenvalue weighted by atomic mass is 9.79. The molecule has 192 valence electrons. The molecule has 1 aliphatic heterocycles. The third kappa shape index (κ3) is 3.92. The summed E-state index contributed by atoms with van der Waals surface area (Å²) in [4.78, 5) is 2.25. The molecule has 0 spiro atoms. The lowest BCUT2D eigenvalue weighted by molar-refractivity contribution is 0.00578. The minimum atomic E-state index is -0.393. The summed E-state index contributed by atoms with van der Waals surface area (Å²) in [7, 11) is -0.393. The first-order valence-electron chi connectivity index (χ1n) is 13.5. The highest BCUT2D eigenvalue weighted by Gasteiger charge is 2.51. The molecule has 1 aliphatic rings. The van der Waals surface area contributed by atoms with Gasteiger partial charge in [-0.25, -0.2) is 0 Å². The Balaban J connectivity index is 1.31. The highest BCUT2D eigenvalue weighted by atomic mass is 16.7. The van der Waals surface area contributed by atoms with Crippen LogP contribution in [-0.4, -0.2) is 18.3 Å². The van der Waals surface area contributed by atoms with Crippen molar-refractivity contribution in [3.8, 4) is 0 Å². The van der Waals surface area contributed by atoms with Crippen molar-refractivity contribution in [3.05, 3.63) is 109 Å². The van der Waals surface area contributed by atoms with Crippen LogP contribution in [0.1, 0.15) is 27.7 Å². The Bertz CT molecular complexity index is 1810. The second kappa shape index (κ2) is 8.73. The van der Waals surface area contributed by atoms with E-state index in [2.05, 4.69) is 136 Å². The van der Waals surface area contributed by atoms with Gasteiger partial charge < -0.3 is 18.6 Å². The minimum absolute atomic E-state index is 0.375. The maximum Gasteiger partial charge on any atom is 0.494 e. The number of anilines is 3. The standard InChI is InChI=1S/C34H30BNO3/c1-33(2)34(3,4)39-35(38-33)24-15-17-26(18-16-24)36(25-11-6-5-7-12-25)27-19-20-29-31(22-27)37-30-21-14-23-10-8-9-13-28(23)32(29)30/h5-22H,1-4H3. The molecule has 0 unspecified atom stereocenters. The van der Waals surface area contributed by atoms with Crippen LogP contribution in [0.2, 0.25) is 0 Å². The normalized spacial score (nSPS) is 16.4. The average Bonchev–Trinajstić information content (AvgIpc) is 3.42. The molecule has 39 heavy (non-hydrogen) atoms. The van der Waals surface area contributed by atoms with Crippen molar-refractivity contribution in [3.63, 3.8) is 0 Å². The third-order valence-corrected chi connectivity index (χ3v) is 8.29. The molecule has 1 saturated heterocycles. The van der Waals surface area contributed by atoms with Crippen LogP contribution in [0.3, 0.4) is 0 Å². The fourth-order valence-electron chi connectivity index (χ4n) is 5.46. The zero-order valence-corrected chi connectivity index (χ0v) is 22.6. The second-order valence-corrected chi connectivity index (χ2v) is 11.3. The molecule has 2 heterocycles. The minimum Gasteiger partial charge on any atom is -0.456 e. The average molecular weight is 511 g/mol. The lowest BCUT2D eigenvalue weighted by Crippen LogP contribution is -2.41. The number of hydrogen-bond donors (Lipinski definition) is 0. The van der Waals surface area contributed by atoms with Gasteiger partial charge in [0.2, 0.25) is 0 Å². The fourth-order valence-corrected chi connectivity index (χ4v) is 5.46. The molecule has 0 saturated carbocycles. The summed E-state index contributed by atoms with van der Waals surface area (Å²) in [6.07, 6.45) is 0. The van der Waals surface area contributed by atoms with Crippen LogP contribution < -0.4 is 10.4 Å². The predicted molar refractivity (Wildman–Crippen MR) is 162 cm³/mol. The monoisotopic (exact) mass is 511 g/mol. The number of furan rings is 1. The van der Waals surface area contributed by atoms with Gasteiger partial charge in [0.25, 0.3) is 0 Å². The Hall–Kier alpha value is -4.06. The zero-order valence-electron chi connectivity index (χ0n) is 22.6. The topological polar surface area (TPSA) is 34.8 Å². The van der Waals surface area contributed by atoms with Gasteiger partial charge >= 0.3 is 7.12 Å². The predicted octanol–water partition coefficient (Wildman–Crippen LogP) is 8.51. The molecular formula is C34H30BNO3. The summed E-state index contributed by atoms with van der Waals surface area (Å²) >= 11 is 0. The summed E-state index contributed by atoms with van der Waals surface area (Å²) < 4.78 is 18.9. The Kier molecular flexibility index (Phi) is 5.38. The molecular weight excluding hydrogens is 481 g/mol. The van der Waals surface area contributed by atoms with Crippen molar-refractivity contribution >= 4 is 62.4 Å². The van der Waals surface area contributed by atoms with Crippen LogP contribution >= 0.6 is 0 Å². The number of hydrogen-bond acceptors (Lipinski definition) is 4. The van der Waals surface area contributed by atoms with Gasteiger partial charge in [0, 0.05) is 33.9 Å². The first-order chi connectivity index (χ1) is 18.8. The van der Waals surface area contributed by atoms with E-state index >= 15 is 0 Å². The van der Waals surface area contributed by atoms with Gasteiger partial charge in [0.05, 0.1) is 11.2 Å². The van der Waals surface area contributed by atoms with Gasteiger partial charge in [-0.1, -0.05) is 60.7 Å². The molecule has 0 radical (unpaired) electrons. The van der Waals surface area contributed by atoms with Gasteiger partial charge in [-0.15, -0.1) is 0 Å². The quantitative estimate of drug-likeness (QED) is 0.222. The van der Waals surface area contributed by atoms with Crippen LogP contribution in [-0.2, 0) is 9.31 Å². The molecule has 6 aromatic rings. The van der Waals surface area contributed by atoms with Crippen LogP contribution in [0.5, 0.6) is 0 Å². The molecule has 0 N–H and O–H groups in total. The molecule has 4 nitrogen and oxygen atoms in total. The van der Waals surface area contributed by atoms with Gasteiger partial charge in [-0.05, 0) is 86.4 Å². The van der Waals surface area contributed by atoms with Crippen molar-refractivity contribution in [2.75, 3.05) is 4.90 Å². The van der Waals surface area contributed by atoms with Gasteiger partial charge in [-0.3, -0.25) is 0 Å². The molecule has 1 aromatic heterocycles. The first kappa shape index (κ1) is 24.0. The number of rotatable bonds is 4. The van der Waals surface area contributed by atoms with Crippen molar-refractivity contribution in [1.82, 2.24) is 0 Å². The Morgan fingerprint density at radius 2 is 1.21 bits per heavy atom. The van der Waals surface area contributed by atoms with Gasteiger partial charge in [0.15, 0.2) is 0 Å². The SMILES string of the molecule is CC1(C)OB(c2ccc(N(c3ccccc3)c3ccc4c(c3)oc3ccc5ccccc5c34)cc2)OC1(C)C. The van der Waals surface area contributed by atoms with E-state index in [4.69, 9.17) is 13.7 Å². The van der Waals surface area contributed by atoms with Crippen LogP contribution in [0.25, 0.3) is 32.7 Å². The molecule has 7 rings (SSSR count). The maximum atomic E-state index is 6.39. The van der Waals surface area contributed by atoms with Gasteiger partial charge in [-0.2, -0.15) is 0 Å². The fraction of sp³-hybridized carbons (Fsp3) is 0.176. The highest BCUT2D eigenvalue weighted by Crippen LogP contribution is 2.40. The number of para-hydroxylation sites is 1. The zero-order chi connectivity index (χ0) is 26.8. The second-order valence-electron chi connectivity index (χ2n) is 11.3. The maximum absolute atomic E-state index is 6.39. The Morgan fingerprint density at radius 3 is 1.95 bits per heavy atom. The van der Waals surface area contributed by atoms with Crippen molar-refractivity contribution in [1.29, 1.82) is 0 Å². The van der Waals surface area contributed by atoms with Gasteiger partial charge in [0.1, 0.15) is 11.2 Å². The number of nitrogens with zero attached hydrogens (tertiary/aromatic N) is 1. The summed E-state index contributed by atoms with van der Waals surface area (Å²) in [6.45, 7) is 8.32. The van der Waals surface area contributed by atoms with Crippen LogP contribution in [0, 0.1) is 0 Å². The smallest absolute Gasteiger partial charge is 0.456 e. The first-order valence-corrected chi connectivity index (χ1v) is 13.5. The third-order valence-electron chi connectivity index (χ3n) is 8.29. The Labute approximate surface area is 228 Å². The van der Waals surface area contributed by atoms with E-state index in [1.165, 1.54) is 10.8 Å². The molecule has 1 fully saturated rings. The van der Waals surface area contributed by atoms with Crippen molar-refractivity contribution in [2.45, 2.75) is 38.9 Å². The summed E-state index contributed by atoms with van der Waals surface area (Å²) in [5.41, 5.74) is 5.17. The molecule has 0 atom stereocenters. The lowest BCUT2D eigenvalue weighted by Gasteiger charge is -2.32. The largest absolute Gasteiger partial charge is 0.494 e. The van der Waals surface area contributed by atoms with E-state index in [1.54, 1.807) is 0 Å². The van der Waals surface area contributed by atoms with E-state index in [-0.39, 0.29) is 11.2 Å². The summed E-state index contributed by atoms with van der Waals surface area (Å²) in [6, 6.07) is 38.0. The molecule has 5 aromatic carbocycles. The van der Waals surface area contributed by atoms with Crippen LogP contribution in [0.4, 0.5) is 17.1 Å². The highest BCUT2D eigenvalue weighted by molar-refractivity contribution is 6.62. The summed E-state index contributed by atoms with van der Waals surface area (Å²) in [5.74, 6) is 0. The molecule has 0 bridgehead atoms. The van der Waals surface area contributed by atoms with E-state index in [0.717, 1.165) is 44.5 Å². The molecule has 0 aliphatic carbocycles. The number of fused-ring (bicyclic) bond motifs is 5. The van der Waals surface area contributed by atoms with Crippen molar-refractivity contribution in [2.24, 2.45) is 0 Å². The number of benzene rings is 5. The van der Waals surface area contributed by atoms with E-state index in [9.17, 15) is 0 Å². The van der Waals surface area contributed by atoms with E-state index < -0.39 is 7.12 Å². The molecule has 5 heteroatoms. The summed E-state index contributed by atoms with van der Waals surface area (Å²) in [5, 5.41) is 4.70. The van der Waals surface area contributed by atoms with Crippen molar-refractivity contribution < 1.29 is 13.7 Å². The van der Waals surface area contributed by atoms with E-state index in [0.29, 0.717) is 0 Å². The van der Waals surface area contributed by atoms with Crippen LogP contribution in [0.15, 0.2) is 114 Å². The molecule has 0 amide bonds. The van der Waals surface area contributed by atoms with E-state index in [1.807, 2.05) is 6.07 Å².